The lowest BCUT2D eigenvalue weighted by molar-refractivity contribution is -0.113. The van der Waals surface area contributed by atoms with Gasteiger partial charge in [-0.05, 0) is 46.8 Å². The number of carbonyl (C=O) groups is 1. The Morgan fingerprint density at radius 3 is 2.84 bits per heavy atom. The largest absolute Gasteiger partial charge is 0.325 e. The van der Waals surface area contributed by atoms with Gasteiger partial charge >= 0.3 is 0 Å². The Balaban J connectivity index is 1.65. The van der Waals surface area contributed by atoms with Crippen molar-refractivity contribution < 1.29 is 13.6 Å². The van der Waals surface area contributed by atoms with Gasteiger partial charge in [-0.1, -0.05) is 29.4 Å². The summed E-state index contributed by atoms with van der Waals surface area (Å²) in [6.45, 7) is 0. The lowest BCUT2D eigenvalue weighted by Gasteiger charge is -2.06. The standard InChI is InChI=1S/C15H10ClF2N5OS/c16-12-7-10(4-5-13(12)18)19-14(24)8-25-15-20-21-22-23(15)11-3-1-2-9(17)6-11/h1-7H,8H2,(H,19,24). The zero-order valence-electron chi connectivity index (χ0n) is 12.5. The van der Waals surface area contributed by atoms with Crippen molar-refractivity contribution in [1.82, 2.24) is 20.2 Å². The van der Waals surface area contributed by atoms with Crippen LogP contribution >= 0.6 is 23.4 Å². The van der Waals surface area contributed by atoms with E-state index in [1.807, 2.05) is 0 Å². The highest BCUT2D eigenvalue weighted by Gasteiger charge is 2.12. The smallest absolute Gasteiger partial charge is 0.234 e. The molecule has 0 saturated carbocycles. The number of hydrogen-bond donors (Lipinski definition) is 1. The Morgan fingerprint density at radius 2 is 2.08 bits per heavy atom. The maximum absolute atomic E-state index is 13.3. The summed E-state index contributed by atoms with van der Waals surface area (Å²) >= 11 is 6.74. The monoisotopic (exact) mass is 381 g/mol. The fourth-order valence-electron chi connectivity index (χ4n) is 1.94. The molecule has 25 heavy (non-hydrogen) atoms. The minimum atomic E-state index is -0.566. The first kappa shape index (κ1) is 17.3. The normalized spacial score (nSPS) is 10.7. The van der Waals surface area contributed by atoms with Gasteiger partial charge in [-0.3, -0.25) is 4.79 Å². The van der Waals surface area contributed by atoms with Crippen molar-refractivity contribution in [3.63, 3.8) is 0 Å². The minimum Gasteiger partial charge on any atom is -0.325 e. The van der Waals surface area contributed by atoms with E-state index in [-0.39, 0.29) is 16.7 Å². The quantitative estimate of drug-likeness (QED) is 0.686. The van der Waals surface area contributed by atoms with Crippen molar-refractivity contribution in [3.8, 4) is 5.69 Å². The van der Waals surface area contributed by atoms with Gasteiger partial charge in [-0.25, -0.2) is 8.78 Å². The van der Waals surface area contributed by atoms with Crippen LogP contribution in [0.1, 0.15) is 0 Å². The minimum absolute atomic E-state index is 0.00465. The predicted octanol–water partition coefficient (Wildman–Crippen LogP) is 3.32. The molecule has 0 aliphatic rings. The molecule has 1 heterocycles. The van der Waals surface area contributed by atoms with E-state index in [0.29, 0.717) is 16.5 Å². The summed E-state index contributed by atoms with van der Waals surface area (Å²) in [7, 11) is 0. The summed E-state index contributed by atoms with van der Waals surface area (Å²) in [5.41, 5.74) is 0.819. The molecule has 3 aromatic rings. The van der Waals surface area contributed by atoms with Crippen LogP contribution < -0.4 is 5.32 Å². The molecule has 1 N–H and O–H groups in total. The number of thioether (sulfide) groups is 1. The molecule has 1 aromatic heterocycles. The second-order valence-electron chi connectivity index (χ2n) is 4.82. The number of halogens is 3. The van der Waals surface area contributed by atoms with Gasteiger partial charge in [0.1, 0.15) is 11.6 Å². The Hall–Kier alpha value is -2.52. The number of amides is 1. The van der Waals surface area contributed by atoms with E-state index >= 15 is 0 Å². The number of rotatable bonds is 5. The van der Waals surface area contributed by atoms with Crippen LogP contribution in [0.4, 0.5) is 14.5 Å². The third-order valence-corrected chi connectivity index (χ3v) is 4.24. The Labute approximate surface area is 150 Å². The van der Waals surface area contributed by atoms with E-state index in [0.717, 1.165) is 17.8 Å². The molecular weight excluding hydrogens is 372 g/mol. The molecule has 6 nitrogen and oxygen atoms in total. The summed E-state index contributed by atoms with van der Waals surface area (Å²) in [5.74, 6) is -1.33. The van der Waals surface area contributed by atoms with Gasteiger partial charge in [0.05, 0.1) is 16.5 Å². The van der Waals surface area contributed by atoms with Gasteiger partial charge < -0.3 is 5.32 Å². The summed E-state index contributed by atoms with van der Waals surface area (Å²) in [5, 5.41) is 14.0. The van der Waals surface area contributed by atoms with Crippen LogP contribution in [0.25, 0.3) is 5.69 Å². The van der Waals surface area contributed by atoms with Gasteiger partial charge in [-0.15, -0.1) is 5.10 Å². The lowest BCUT2D eigenvalue weighted by Crippen LogP contribution is -2.14. The van der Waals surface area contributed by atoms with E-state index in [2.05, 4.69) is 20.8 Å². The van der Waals surface area contributed by atoms with Gasteiger partial charge in [0.25, 0.3) is 0 Å². The average molecular weight is 382 g/mol. The van der Waals surface area contributed by atoms with Crippen LogP contribution in [0.2, 0.25) is 5.02 Å². The highest BCUT2D eigenvalue weighted by Crippen LogP contribution is 2.21. The average Bonchev–Trinajstić information content (AvgIpc) is 3.05. The van der Waals surface area contributed by atoms with Crippen LogP contribution in [0, 0.1) is 11.6 Å². The molecule has 2 aromatic carbocycles. The highest BCUT2D eigenvalue weighted by molar-refractivity contribution is 7.99. The maximum atomic E-state index is 13.3. The van der Waals surface area contributed by atoms with Crippen LogP contribution in [0.3, 0.4) is 0 Å². The van der Waals surface area contributed by atoms with Crippen LogP contribution in [0.5, 0.6) is 0 Å². The fraction of sp³-hybridized carbons (Fsp3) is 0.0667. The third kappa shape index (κ3) is 4.31. The van der Waals surface area contributed by atoms with Crippen molar-refractivity contribution in [1.29, 1.82) is 0 Å². The van der Waals surface area contributed by atoms with E-state index in [1.54, 1.807) is 6.07 Å². The number of hydrogen-bond acceptors (Lipinski definition) is 5. The van der Waals surface area contributed by atoms with E-state index in [9.17, 15) is 13.6 Å². The molecule has 0 aliphatic carbocycles. The molecular formula is C15H10ClF2N5OS. The van der Waals surface area contributed by atoms with E-state index < -0.39 is 11.6 Å². The molecule has 1 amide bonds. The molecule has 0 fully saturated rings. The summed E-state index contributed by atoms with van der Waals surface area (Å²) in [6, 6.07) is 9.64. The van der Waals surface area contributed by atoms with Crippen LogP contribution in [-0.2, 0) is 4.79 Å². The molecule has 0 radical (unpaired) electrons. The first-order valence-corrected chi connectivity index (χ1v) is 8.31. The summed E-state index contributed by atoms with van der Waals surface area (Å²) < 4.78 is 27.8. The highest BCUT2D eigenvalue weighted by atomic mass is 35.5. The molecule has 0 saturated heterocycles. The maximum Gasteiger partial charge on any atom is 0.234 e. The number of aromatic nitrogens is 4. The fourth-order valence-corrected chi connectivity index (χ4v) is 2.81. The SMILES string of the molecule is O=C(CSc1nnnn1-c1cccc(F)c1)Nc1ccc(F)c(Cl)c1. The number of carbonyl (C=O) groups excluding carboxylic acids is 1. The van der Waals surface area contributed by atoms with Crippen molar-refractivity contribution in [2.45, 2.75) is 5.16 Å². The number of nitrogens with zero attached hydrogens (tertiary/aromatic N) is 4. The second kappa shape index (κ2) is 7.58. The van der Waals surface area contributed by atoms with Gasteiger partial charge in [-0.2, -0.15) is 4.68 Å². The Bertz CT molecular complexity index is 920. The predicted molar refractivity (Wildman–Crippen MR) is 89.9 cm³/mol. The topological polar surface area (TPSA) is 72.7 Å². The van der Waals surface area contributed by atoms with Gasteiger partial charge in [0.15, 0.2) is 0 Å². The van der Waals surface area contributed by atoms with E-state index in [1.165, 1.54) is 35.0 Å². The van der Waals surface area contributed by atoms with Crippen molar-refractivity contribution in [2.24, 2.45) is 0 Å². The molecule has 0 bridgehead atoms. The Kier molecular flexibility index (Phi) is 5.25. The zero-order chi connectivity index (χ0) is 17.8. The number of nitrogens with one attached hydrogen (secondary N) is 1. The first-order valence-electron chi connectivity index (χ1n) is 6.95. The number of anilines is 1. The van der Waals surface area contributed by atoms with Crippen molar-refractivity contribution >= 4 is 35.0 Å². The van der Waals surface area contributed by atoms with Crippen LogP contribution in [0.15, 0.2) is 47.6 Å². The molecule has 10 heteroatoms. The summed E-state index contributed by atoms with van der Waals surface area (Å²) in [4.78, 5) is 12.0. The van der Waals surface area contributed by atoms with Gasteiger partial charge in [0.2, 0.25) is 11.1 Å². The summed E-state index contributed by atoms with van der Waals surface area (Å²) in [6.07, 6.45) is 0. The molecule has 0 atom stereocenters. The first-order chi connectivity index (χ1) is 12.0. The number of benzene rings is 2. The van der Waals surface area contributed by atoms with E-state index in [4.69, 9.17) is 11.6 Å². The van der Waals surface area contributed by atoms with Crippen molar-refractivity contribution in [2.75, 3.05) is 11.1 Å². The van der Waals surface area contributed by atoms with Crippen LogP contribution in [-0.4, -0.2) is 31.9 Å². The molecule has 0 spiro atoms. The lowest BCUT2D eigenvalue weighted by atomic mass is 10.3. The second-order valence-corrected chi connectivity index (χ2v) is 6.17. The molecule has 0 aliphatic heterocycles. The molecule has 128 valence electrons. The molecule has 0 unspecified atom stereocenters. The van der Waals surface area contributed by atoms with Crippen molar-refractivity contribution in [3.05, 3.63) is 59.1 Å². The zero-order valence-corrected chi connectivity index (χ0v) is 14.1. The molecule has 3 rings (SSSR count). The third-order valence-electron chi connectivity index (χ3n) is 3.03. The van der Waals surface area contributed by atoms with Gasteiger partial charge in [0, 0.05) is 5.69 Å². The number of tetrazole rings is 1. The Morgan fingerprint density at radius 1 is 1.24 bits per heavy atom.